The van der Waals surface area contributed by atoms with Crippen LogP contribution in [-0.4, -0.2) is 144 Å². The fraction of sp³-hybridized carbons (Fsp3) is 0.581. The summed E-state index contributed by atoms with van der Waals surface area (Å²) in [6.07, 6.45) is 19.3. The van der Waals surface area contributed by atoms with Crippen molar-refractivity contribution in [2.24, 2.45) is 5.73 Å². The molecular formula is C62H81Cl3F2N8O6S2. The Bertz CT molecular complexity index is 3080. The summed E-state index contributed by atoms with van der Waals surface area (Å²) in [5.41, 5.74) is 6.65. The van der Waals surface area contributed by atoms with Gasteiger partial charge in [-0.1, -0.05) is 60.3 Å². The Hall–Kier alpha value is -3.95. The van der Waals surface area contributed by atoms with Gasteiger partial charge < -0.3 is 30.7 Å². The van der Waals surface area contributed by atoms with Gasteiger partial charge in [-0.05, 0) is 237 Å². The quantitative estimate of drug-likeness (QED) is 0.110. The molecule has 0 spiro atoms. The molecule has 452 valence electrons. The van der Waals surface area contributed by atoms with Gasteiger partial charge in [0.25, 0.3) is 0 Å². The third-order valence-electron chi connectivity index (χ3n) is 18.9. The minimum absolute atomic E-state index is 0.101. The van der Waals surface area contributed by atoms with Crippen molar-refractivity contribution in [1.82, 2.24) is 33.5 Å². The Morgan fingerprint density at radius 3 is 1.31 bits per heavy atom. The van der Waals surface area contributed by atoms with Crippen LogP contribution in [0.25, 0.3) is 0 Å². The number of halogens is 5. The van der Waals surface area contributed by atoms with Gasteiger partial charge in [0.1, 0.15) is 11.6 Å². The number of amides is 3. The molecule has 0 bridgehead atoms. The molecule has 2 saturated carbocycles. The van der Waals surface area contributed by atoms with Crippen LogP contribution in [0.3, 0.4) is 0 Å². The Labute approximate surface area is 505 Å². The SMILES string of the molecule is NC1([C@H]2CCC[C@@H](c3cccc(F)c3)N2S(=O)(=O)c2ccc(Cl)cc2)CC1.O=C(Cl)N1CCC(N2CCCCC2)CC1.O=C(NC1([C@H]2CCC[C@@H](c3cccc(F)c3)N2S(=O)(=O)c2ccc(Cl)cc2)CC1)N1CCC(N2CCCCC2)CC1. The fourth-order valence-electron chi connectivity index (χ4n) is 14.0. The molecule has 14 nitrogen and oxygen atoms in total. The predicted octanol–water partition coefficient (Wildman–Crippen LogP) is 12.5. The van der Waals surface area contributed by atoms with E-state index in [9.17, 15) is 35.2 Å². The van der Waals surface area contributed by atoms with Gasteiger partial charge in [0, 0.05) is 65.9 Å². The zero-order valence-electron chi connectivity index (χ0n) is 47.4. The second kappa shape index (κ2) is 27.0. The number of carbonyl (C=O) groups is 2. The summed E-state index contributed by atoms with van der Waals surface area (Å²) in [7, 11) is -7.79. The van der Waals surface area contributed by atoms with E-state index in [2.05, 4.69) is 15.1 Å². The normalized spacial score (nSPS) is 25.7. The lowest BCUT2D eigenvalue weighted by Gasteiger charge is -2.46. The Morgan fingerprint density at radius 2 is 0.916 bits per heavy atom. The summed E-state index contributed by atoms with van der Waals surface area (Å²) in [5.74, 6) is -0.761. The fourth-order valence-corrected chi connectivity index (χ4v) is 18.3. The number of carbonyl (C=O) groups excluding carboxylic acids is 2. The molecule has 0 radical (unpaired) electrons. The summed E-state index contributed by atoms with van der Waals surface area (Å²) in [5, 5.41) is 3.96. The molecule has 3 amide bonds. The molecule has 21 heteroatoms. The number of urea groups is 1. The second-order valence-electron chi connectivity index (χ2n) is 24.3. The van der Waals surface area contributed by atoms with Crippen LogP contribution in [0.5, 0.6) is 0 Å². The van der Waals surface area contributed by atoms with Crippen molar-refractivity contribution in [2.45, 2.75) is 186 Å². The monoisotopic (exact) mass is 1240 g/mol. The molecule has 6 saturated heterocycles. The largest absolute Gasteiger partial charge is 0.331 e. The van der Waals surface area contributed by atoms with Crippen LogP contribution in [0, 0.1) is 11.6 Å². The van der Waals surface area contributed by atoms with Gasteiger partial charge >= 0.3 is 11.4 Å². The van der Waals surface area contributed by atoms with Crippen molar-refractivity contribution >= 4 is 66.2 Å². The van der Waals surface area contributed by atoms with Gasteiger partial charge in [0.2, 0.25) is 20.0 Å². The maximum Gasteiger partial charge on any atom is 0.317 e. The average Bonchev–Trinajstić information content (AvgIpc) is 4.01. The van der Waals surface area contributed by atoms with Crippen molar-refractivity contribution in [2.75, 3.05) is 52.4 Å². The van der Waals surface area contributed by atoms with E-state index in [1.165, 1.54) is 100 Å². The molecule has 12 rings (SSSR count). The van der Waals surface area contributed by atoms with Gasteiger partial charge in [0.15, 0.2) is 0 Å². The minimum Gasteiger partial charge on any atom is -0.331 e. The van der Waals surface area contributed by atoms with Gasteiger partial charge in [-0.2, -0.15) is 8.61 Å². The maximum absolute atomic E-state index is 14.3. The van der Waals surface area contributed by atoms with E-state index < -0.39 is 55.1 Å². The first-order chi connectivity index (χ1) is 39.8. The summed E-state index contributed by atoms with van der Waals surface area (Å²) in [6, 6.07) is 24.3. The first-order valence-corrected chi connectivity index (χ1v) is 34.2. The molecule has 3 N–H and O–H groups in total. The highest BCUT2D eigenvalue weighted by atomic mass is 35.5. The van der Waals surface area contributed by atoms with Gasteiger partial charge in [-0.15, -0.1) is 0 Å². The number of likely N-dealkylation sites (tertiary alicyclic amines) is 4. The first-order valence-electron chi connectivity index (χ1n) is 30.2. The van der Waals surface area contributed by atoms with E-state index in [4.69, 9.17) is 40.5 Å². The summed E-state index contributed by atoms with van der Waals surface area (Å²) >= 11 is 17.5. The van der Waals surface area contributed by atoms with Gasteiger partial charge in [-0.3, -0.25) is 4.79 Å². The van der Waals surface area contributed by atoms with Crippen molar-refractivity contribution in [3.8, 4) is 0 Å². The summed E-state index contributed by atoms with van der Waals surface area (Å²) < 4.78 is 87.0. The average molecular weight is 1240 g/mol. The lowest BCUT2D eigenvalue weighted by Crippen LogP contribution is -2.60. The zero-order valence-corrected chi connectivity index (χ0v) is 51.3. The third-order valence-corrected chi connectivity index (χ3v) is 23.5. The molecule has 6 heterocycles. The number of hydrogen-bond acceptors (Lipinski definition) is 9. The number of nitrogens with two attached hydrogens (primary N) is 1. The van der Waals surface area contributed by atoms with E-state index in [0.717, 1.165) is 96.8 Å². The molecule has 6 aliphatic heterocycles. The van der Waals surface area contributed by atoms with Crippen LogP contribution in [0.4, 0.5) is 18.4 Å². The molecule has 4 aromatic carbocycles. The molecule has 8 aliphatic rings. The van der Waals surface area contributed by atoms with Crippen molar-refractivity contribution in [1.29, 1.82) is 0 Å². The van der Waals surface area contributed by atoms with Crippen molar-refractivity contribution < 1.29 is 35.2 Å². The Morgan fingerprint density at radius 1 is 0.506 bits per heavy atom. The lowest BCUT2D eigenvalue weighted by atomic mass is 9.88. The molecule has 8 fully saturated rings. The van der Waals surface area contributed by atoms with Crippen LogP contribution >= 0.6 is 34.8 Å². The molecular weight excluding hydrogens is 1160 g/mol. The topological polar surface area (TPSA) is 160 Å². The number of sulfonamides is 2. The van der Waals surface area contributed by atoms with Crippen LogP contribution < -0.4 is 11.1 Å². The highest BCUT2D eigenvalue weighted by Gasteiger charge is 2.58. The van der Waals surface area contributed by atoms with Crippen LogP contribution in [0.15, 0.2) is 107 Å². The summed E-state index contributed by atoms with van der Waals surface area (Å²) in [4.78, 5) is 33.8. The predicted molar refractivity (Wildman–Crippen MR) is 322 cm³/mol. The van der Waals surface area contributed by atoms with Gasteiger partial charge in [-0.25, -0.2) is 30.4 Å². The molecule has 0 aromatic heterocycles. The van der Waals surface area contributed by atoms with E-state index >= 15 is 0 Å². The molecule has 4 aromatic rings. The lowest BCUT2D eigenvalue weighted by molar-refractivity contribution is 0.0947. The number of benzene rings is 4. The van der Waals surface area contributed by atoms with E-state index in [1.807, 2.05) is 4.90 Å². The molecule has 83 heavy (non-hydrogen) atoms. The third kappa shape index (κ3) is 14.7. The molecule has 0 unspecified atom stereocenters. The van der Waals surface area contributed by atoms with Crippen molar-refractivity contribution in [3.63, 3.8) is 0 Å². The minimum atomic E-state index is -3.98. The maximum atomic E-state index is 14.3. The number of hydrogen-bond donors (Lipinski definition) is 2. The van der Waals surface area contributed by atoms with Gasteiger partial charge in [0.05, 0.1) is 27.4 Å². The van der Waals surface area contributed by atoms with Crippen LogP contribution in [-0.2, 0) is 20.0 Å². The zero-order chi connectivity index (χ0) is 58.5. The Kier molecular flexibility index (Phi) is 20.2. The van der Waals surface area contributed by atoms with E-state index in [1.54, 1.807) is 62.0 Å². The van der Waals surface area contributed by atoms with E-state index in [-0.39, 0.29) is 33.0 Å². The molecule has 4 atom stereocenters. The molecule has 2 aliphatic carbocycles. The standard InChI is InChI=1S/C31H40ClFN4O3S.C20H22ClFN2O2S.C11H19ClN2O/c32-24-10-12-27(13-11-24)41(39,40)37-28(23-6-4-7-25(33)22-23)8-5-9-29(37)31(16-17-31)34-30(38)36-20-14-26(15-21-36)35-18-2-1-3-19-35;21-15-7-9-17(10-8-15)27(25,26)24-18(14-3-1-4-16(22)13-14)5-2-6-19(24)20(23)11-12-20;12-11(15)14-8-4-10(5-9-14)13-6-2-1-3-7-13/h4,6-7,10-13,22,26,28-29H,1-3,5,8-9,14-21H2,(H,34,38);1,3-4,7-10,13,18-19H,2,5-6,11-12,23H2;10H,1-9H2/t28-,29+;18-,19+;/m00./s1. The van der Waals surface area contributed by atoms with E-state index in [0.29, 0.717) is 65.6 Å². The Balaban J connectivity index is 0.000000156. The number of piperidine rings is 6. The highest BCUT2D eigenvalue weighted by Crippen LogP contribution is 2.51. The van der Waals surface area contributed by atoms with Crippen LogP contribution in [0.1, 0.15) is 152 Å². The smallest absolute Gasteiger partial charge is 0.317 e. The van der Waals surface area contributed by atoms with Crippen LogP contribution in [0.2, 0.25) is 10.0 Å². The number of nitrogens with one attached hydrogen (secondary N) is 1. The number of rotatable bonds is 11. The number of nitrogens with zero attached hydrogens (tertiary/aromatic N) is 6. The summed E-state index contributed by atoms with van der Waals surface area (Å²) in [6.45, 7) is 7.92. The highest BCUT2D eigenvalue weighted by molar-refractivity contribution is 7.89. The van der Waals surface area contributed by atoms with Crippen molar-refractivity contribution in [3.05, 3.63) is 130 Å². The first kappa shape index (κ1) is 62.1. The second-order valence-corrected chi connectivity index (χ2v) is 29.2.